The first kappa shape index (κ1) is 23.1. The largest absolute Gasteiger partial charge is 0.497 e. The number of methoxy groups -OCH3 is 1. The van der Waals surface area contributed by atoms with E-state index in [9.17, 15) is 9.59 Å². The lowest BCUT2D eigenvalue weighted by atomic mass is 9.86. The summed E-state index contributed by atoms with van der Waals surface area (Å²) >= 11 is 0. The number of rotatable bonds is 6. The van der Waals surface area contributed by atoms with Gasteiger partial charge in [-0.3, -0.25) is 14.5 Å². The number of carbonyl (C=O) groups is 2. The van der Waals surface area contributed by atoms with Crippen molar-refractivity contribution in [2.24, 2.45) is 0 Å². The fraction of sp³-hybridized carbons (Fsp3) is 0.429. The summed E-state index contributed by atoms with van der Waals surface area (Å²) in [6.45, 7) is 5.01. The van der Waals surface area contributed by atoms with Crippen molar-refractivity contribution >= 4 is 22.7 Å². The number of hydrogen-bond acceptors (Lipinski definition) is 5. The molecule has 0 bridgehead atoms. The number of nitrogens with zero attached hydrogens (tertiary/aromatic N) is 3. The average molecular weight is 489 g/mol. The molecule has 2 amide bonds. The van der Waals surface area contributed by atoms with Gasteiger partial charge in [-0.05, 0) is 35.7 Å². The van der Waals surface area contributed by atoms with E-state index in [4.69, 9.17) is 9.47 Å². The van der Waals surface area contributed by atoms with Crippen molar-refractivity contribution in [1.29, 1.82) is 0 Å². The Bertz CT molecular complexity index is 1260. The first-order valence-corrected chi connectivity index (χ1v) is 12.8. The first-order chi connectivity index (χ1) is 17.6. The molecule has 3 aliphatic heterocycles. The number of benzene rings is 2. The van der Waals surface area contributed by atoms with E-state index < -0.39 is 6.04 Å². The Hall–Kier alpha value is -3.36. The van der Waals surface area contributed by atoms with Gasteiger partial charge in [0.25, 0.3) is 0 Å². The zero-order valence-electron chi connectivity index (χ0n) is 20.6. The lowest BCUT2D eigenvalue weighted by Crippen LogP contribution is -2.63. The van der Waals surface area contributed by atoms with Crippen LogP contribution < -0.4 is 4.74 Å². The number of carbonyl (C=O) groups excluding carboxylic acids is 2. The zero-order chi connectivity index (χ0) is 24.6. The summed E-state index contributed by atoms with van der Waals surface area (Å²) in [6, 6.07) is 15.1. The molecular weight excluding hydrogens is 456 g/mol. The maximum atomic E-state index is 13.8. The Morgan fingerprint density at radius 2 is 1.81 bits per heavy atom. The molecule has 8 nitrogen and oxygen atoms in total. The molecule has 3 aliphatic rings. The Morgan fingerprint density at radius 3 is 2.58 bits per heavy atom. The van der Waals surface area contributed by atoms with Crippen LogP contribution in [0.25, 0.3) is 10.9 Å². The second-order valence-electron chi connectivity index (χ2n) is 9.83. The third-order valence-electron chi connectivity index (χ3n) is 7.78. The zero-order valence-corrected chi connectivity index (χ0v) is 20.6. The molecule has 2 fully saturated rings. The summed E-state index contributed by atoms with van der Waals surface area (Å²) in [5.74, 6) is 0.803. The van der Waals surface area contributed by atoms with Crippen LogP contribution in [0.3, 0.4) is 0 Å². The molecule has 0 spiro atoms. The van der Waals surface area contributed by atoms with Gasteiger partial charge in [0.05, 0.1) is 32.9 Å². The summed E-state index contributed by atoms with van der Waals surface area (Å²) in [5.41, 5.74) is 4.13. The summed E-state index contributed by atoms with van der Waals surface area (Å²) < 4.78 is 10.8. The van der Waals surface area contributed by atoms with Crippen LogP contribution in [0.5, 0.6) is 5.75 Å². The van der Waals surface area contributed by atoms with Crippen molar-refractivity contribution in [3.63, 3.8) is 0 Å². The van der Waals surface area contributed by atoms with Gasteiger partial charge < -0.3 is 24.3 Å². The molecule has 2 aromatic carbocycles. The highest BCUT2D eigenvalue weighted by Crippen LogP contribution is 2.42. The summed E-state index contributed by atoms with van der Waals surface area (Å²) in [5, 5.41) is 1.12. The van der Waals surface area contributed by atoms with E-state index in [-0.39, 0.29) is 24.4 Å². The van der Waals surface area contributed by atoms with E-state index in [1.807, 2.05) is 41.3 Å². The monoisotopic (exact) mass is 488 g/mol. The summed E-state index contributed by atoms with van der Waals surface area (Å²) in [7, 11) is 1.64. The second-order valence-corrected chi connectivity index (χ2v) is 9.83. The number of nitrogens with one attached hydrogen (secondary N) is 1. The van der Waals surface area contributed by atoms with Crippen molar-refractivity contribution in [3.8, 4) is 5.75 Å². The number of fused-ring (bicyclic) bond motifs is 4. The van der Waals surface area contributed by atoms with Crippen LogP contribution in [0.2, 0.25) is 0 Å². The number of ether oxygens (including phenoxy) is 2. The highest BCUT2D eigenvalue weighted by atomic mass is 16.5. The van der Waals surface area contributed by atoms with Crippen LogP contribution in [0, 0.1) is 0 Å². The molecule has 4 heterocycles. The van der Waals surface area contributed by atoms with Crippen molar-refractivity contribution < 1.29 is 19.1 Å². The Labute approximate surface area is 210 Å². The Kier molecular flexibility index (Phi) is 6.15. The number of hydrogen-bond donors (Lipinski definition) is 1. The van der Waals surface area contributed by atoms with Gasteiger partial charge in [0.1, 0.15) is 11.8 Å². The topological polar surface area (TPSA) is 78.1 Å². The van der Waals surface area contributed by atoms with E-state index in [1.165, 1.54) is 0 Å². The molecule has 2 saturated heterocycles. The van der Waals surface area contributed by atoms with Gasteiger partial charge in [0.15, 0.2) is 0 Å². The average Bonchev–Trinajstić information content (AvgIpc) is 3.29. The van der Waals surface area contributed by atoms with Crippen LogP contribution >= 0.6 is 0 Å². The molecule has 188 valence electrons. The smallest absolute Gasteiger partial charge is 0.246 e. The first-order valence-electron chi connectivity index (χ1n) is 12.8. The molecule has 36 heavy (non-hydrogen) atoms. The molecule has 0 radical (unpaired) electrons. The molecular formula is C28H32N4O4. The van der Waals surface area contributed by atoms with Crippen molar-refractivity contribution in [1.82, 2.24) is 19.7 Å². The van der Waals surface area contributed by atoms with Gasteiger partial charge in [-0.1, -0.05) is 30.3 Å². The number of amides is 2. The molecule has 8 heteroatoms. The standard InChI is InChI=1S/C28H32N4O4/c1-35-20-9-7-19(8-10-20)27-26-22(21-5-2-3-6-23(21)29-26)17-24-28(34)31(18-25(33)32(24)27)12-4-11-30-13-15-36-16-14-30/h2-3,5-10,24,27,29H,4,11-18H2,1H3/t24-,27?/m0/s1. The van der Waals surface area contributed by atoms with Crippen molar-refractivity contribution in [3.05, 3.63) is 65.4 Å². The molecule has 1 unspecified atom stereocenters. The number of H-pyrrole nitrogens is 1. The third-order valence-corrected chi connectivity index (χ3v) is 7.78. The molecule has 1 N–H and O–H groups in total. The minimum atomic E-state index is -0.506. The van der Waals surface area contributed by atoms with Gasteiger partial charge in [0.2, 0.25) is 11.8 Å². The molecule has 0 aliphatic carbocycles. The quantitative estimate of drug-likeness (QED) is 0.577. The second kappa shape index (κ2) is 9.59. The number of aromatic nitrogens is 1. The van der Waals surface area contributed by atoms with Gasteiger partial charge in [0, 0.05) is 49.2 Å². The van der Waals surface area contributed by atoms with Gasteiger partial charge in [-0.2, -0.15) is 0 Å². The highest BCUT2D eigenvalue weighted by Gasteiger charge is 2.48. The van der Waals surface area contributed by atoms with E-state index >= 15 is 0 Å². The maximum absolute atomic E-state index is 13.8. The molecule has 6 rings (SSSR count). The van der Waals surface area contributed by atoms with E-state index in [0.29, 0.717) is 13.0 Å². The van der Waals surface area contributed by atoms with Crippen LogP contribution in [0.15, 0.2) is 48.5 Å². The molecule has 0 saturated carbocycles. The SMILES string of the molecule is COc1ccc(C2c3[nH]c4ccccc4c3C[C@H]3C(=O)N(CCCN4CCOCC4)CC(=O)N23)cc1. The number of morpholine rings is 1. The lowest BCUT2D eigenvalue weighted by molar-refractivity contribution is -0.158. The Morgan fingerprint density at radius 1 is 1.03 bits per heavy atom. The number of aromatic amines is 1. The predicted octanol–water partition coefficient (Wildman–Crippen LogP) is 2.58. The van der Waals surface area contributed by atoms with Crippen LogP contribution in [0.1, 0.15) is 29.3 Å². The molecule has 1 aromatic heterocycles. The van der Waals surface area contributed by atoms with Crippen molar-refractivity contribution in [2.75, 3.05) is 53.0 Å². The maximum Gasteiger partial charge on any atom is 0.246 e. The minimum Gasteiger partial charge on any atom is -0.497 e. The van der Waals surface area contributed by atoms with Crippen LogP contribution in [-0.4, -0.2) is 90.6 Å². The van der Waals surface area contributed by atoms with Gasteiger partial charge in [-0.25, -0.2) is 0 Å². The predicted molar refractivity (Wildman–Crippen MR) is 136 cm³/mol. The normalized spacial score (nSPS) is 22.6. The molecule has 2 atom stereocenters. The van der Waals surface area contributed by atoms with Crippen LogP contribution in [-0.2, 0) is 20.7 Å². The minimum absolute atomic E-state index is 0.00361. The summed E-state index contributed by atoms with van der Waals surface area (Å²) in [4.78, 5) is 37.0. The fourth-order valence-corrected chi connectivity index (χ4v) is 5.96. The van der Waals surface area contributed by atoms with Gasteiger partial charge >= 0.3 is 0 Å². The van der Waals surface area contributed by atoms with E-state index in [2.05, 4.69) is 22.0 Å². The number of para-hydroxylation sites is 1. The van der Waals surface area contributed by atoms with E-state index in [0.717, 1.165) is 72.7 Å². The van der Waals surface area contributed by atoms with Crippen LogP contribution in [0.4, 0.5) is 0 Å². The van der Waals surface area contributed by atoms with Gasteiger partial charge in [-0.15, -0.1) is 0 Å². The number of piperazine rings is 1. The van der Waals surface area contributed by atoms with E-state index in [1.54, 1.807) is 12.0 Å². The highest BCUT2D eigenvalue weighted by molar-refractivity contribution is 5.97. The molecule has 3 aromatic rings. The lowest BCUT2D eigenvalue weighted by Gasteiger charge is -2.47. The summed E-state index contributed by atoms with van der Waals surface area (Å²) in [6.07, 6.45) is 1.38. The third kappa shape index (κ3) is 4.04. The fourth-order valence-electron chi connectivity index (χ4n) is 5.96. The van der Waals surface area contributed by atoms with Crippen molar-refractivity contribution in [2.45, 2.75) is 24.9 Å². The Balaban J connectivity index is 1.31.